The Morgan fingerprint density at radius 3 is 2.19 bits per heavy atom. The first-order valence-electron chi connectivity index (χ1n) is 13.2. The molecule has 4 aromatic rings. The van der Waals surface area contributed by atoms with E-state index in [1.54, 1.807) is 91.0 Å². The first-order chi connectivity index (χ1) is 20.9. The van der Waals surface area contributed by atoms with Crippen molar-refractivity contribution in [2.45, 2.75) is 4.90 Å². The lowest BCUT2D eigenvalue weighted by atomic mass is 10.1. The Bertz CT molecular complexity index is 1700. The van der Waals surface area contributed by atoms with Gasteiger partial charge in [0, 0.05) is 27.8 Å². The van der Waals surface area contributed by atoms with E-state index in [1.807, 2.05) is 6.07 Å². The molecule has 1 heterocycles. The summed E-state index contributed by atoms with van der Waals surface area (Å²) in [6.45, 7) is 0. The van der Waals surface area contributed by atoms with E-state index in [0.717, 1.165) is 4.90 Å². The highest BCUT2D eigenvalue weighted by Gasteiger charge is 2.34. The summed E-state index contributed by atoms with van der Waals surface area (Å²) < 4.78 is 10.7. The van der Waals surface area contributed by atoms with Crippen molar-refractivity contribution in [3.05, 3.63) is 125 Å². The number of methoxy groups -OCH3 is 2. The molecule has 216 valence electrons. The SMILES string of the molecule is COc1ccc(/C=C(/NC(=O)c2ccccc2)C(=O)Nc2cccc(SCN3C(=O)c4ccccc4C3=O)c2)c(OC)c1. The van der Waals surface area contributed by atoms with Crippen LogP contribution in [0.15, 0.2) is 108 Å². The standard InChI is InChI=1S/C33H27N3O6S/c1-41-24-16-15-22(29(19-24)42-2)17-28(35-30(37)21-9-4-3-5-10-21)31(38)34-23-11-8-12-25(18-23)43-20-36-32(39)26-13-6-7-14-27(26)33(36)40/h3-19H,20H2,1-2H3,(H,34,38)(H,35,37)/b28-17+. The van der Waals surface area contributed by atoms with Gasteiger partial charge in [0.15, 0.2) is 0 Å². The number of ether oxygens (including phenoxy) is 2. The molecule has 10 heteroatoms. The lowest BCUT2D eigenvalue weighted by molar-refractivity contribution is -0.113. The number of thioether (sulfide) groups is 1. The number of hydrogen-bond acceptors (Lipinski definition) is 7. The summed E-state index contributed by atoms with van der Waals surface area (Å²) in [6.07, 6.45) is 1.52. The number of amides is 4. The minimum atomic E-state index is -0.565. The third kappa shape index (κ3) is 6.60. The Hall–Kier alpha value is -5.35. The van der Waals surface area contributed by atoms with Crippen molar-refractivity contribution < 1.29 is 28.7 Å². The van der Waals surface area contributed by atoms with Gasteiger partial charge in [-0.25, -0.2) is 0 Å². The Labute approximate surface area is 252 Å². The number of fused-ring (bicyclic) bond motifs is 1. The van der Waals surface area contributed by atoms with Crippen molar-refractivity contribution in [2.24, 2.45) is 0 Å². The molecule has 4 amide bonds. The maximum atomic E-state index is 13.5. The fourth-order valence-electron chi connectivity index (χ4n) is 4.39. The molecule has 0 bridgehead atoms. The summed E-state index contributed by atoms with van der Waals surface area (Å²) in [5.74, 6) is -0.566. The Morgan fingerprint density at radius 2 is 1.51 bits per heavy atom. The molecule has 1 aliphatic rings. The quantitative estimate of drug-likeness (QED) is 0.143. The number of anilines is 1. The average molecular weight is 594 g/mol. The summed E-state index contributed by atoms with van der Waals surface area (Å²) in [5, 5.41) is 5.54. The predicted molar refractivity (Wildman–Crippen MR) is 164 cm³/mol. The predicted octanol–water partition coefficient (Wildman–Crippen LogP) is 5.46. The second-order valence-corrected chi connectivity index (χ2v) is 10.3. The van der Waals surface area contributed by atoms with Crippen molar-refractivity contribution in [2.75, 3.05) is 25.4 Å². The van der Waals surface area contributed by atoms with Gasteiger partial charge in [-0.3, -0.25) is 24.1 Å². The Balaban J connectivity index is 1.35. The van der Waals surface area contributed by atoms with E-state index in [1.165, 1.54) is 37.0 Å². The van der Waals surface area contributed by atoms with Crippen molar-refractivity contribution in [1.82, 2.24) is 10.2 Å². The number of hydrogen-bond donors (Lipinski definition) is 2. The van der Waals surface area contributed by atoms with Crippen LogP contribution in [0, 0.1) is 0 Å². The maximum Gasteiger partial charge on any atom is 0.272 e. The zero-order valence-electron chi connectivity index (χ0n) is 23.3. The van der Waals surface area contributed by atoms with Gasteiger partial charge in [-0.1, -0.05) is 36.4 Å². The van der Waals surface area contributed by atoms with E-state index in [2.05, 4.69) is 10.6 Å². The molecular weight excluding hydrogens is 566 g/mol. The van der Waals surface area contributed by atoms with Crippen LogP contribution >= 0.6 is 11.8 Å². The molecule has 0 unspecified atom stereocenters. The lowest BCUT2D eigenvalue weighted by Crippen LogP contribution is -2.30. The van der Waals surface area contributed by atoms with Gasteiger partial charge in [-0.05, 0) is 60.7 Å². The zero-order chi connectivity index (χ0) is 30.3. The highest BCUT2D eigenvalue weighted by Crippen LogP contribution is 2.29. The van der Waals surface area contributed by atoms with Gasteiger partial charge >= 0.3 is 0 Å². The molecule has 0 atom stereocenters. The van der Waals surface area contributed by atoms with Crippen LogP contribution in [0.2, 0.25) is 0 Å². The molecule has 0 fully saturated rings. The van der Waals surface area contributed by atoms with Gasteiger partial charge in [0.2, 0.25) is 0 Å². The van der Waals surface area contributed by atoms with Gasteiger partial charge in [0.25, 0.3) is 23.6 Å². The summed E-state index contributed by atoms with van der Waals surface area (Å²) in [4.78, 5) is 53.9. The van der Waals surface area contributed by atoms with Crippen molar-refractivity contribution in [3.63, 3.8) is 0 Å². The number of imide groups is 1. The molecular formula is C33H27N3O6S. The van der Waals surface area contributed by atoms with E-state index < -0.39 is 11.8 Å². The van der Waals surface area contributed by atoms with E-state index in [9.17, 15) is 19.2 Å². The molecule has 0 saturated heterocycles. The van der Waals surface area contributed by atoms with Crippen molar-refractivity contribution in [1.29, 1.82) is 0 Å². The van der Waals surface area contributed by atoms with Crippen LogP contribution in [0.5, 0.6) is 11.5 Å². The van der Waals surface area contributed by atoms with E-state index in [0.29, 0.717) is 39.4 Å². The summed E-state index contributed by atoms with van der Waals surface area (Å²) >= 11 is 1.28. The molecule has 9 nitrogen and oxygen atoms in total. The van der Waals surface area contributed by atoms with Crippen molar-refractivity contribution >= 4 is 47.2 Å². The number of benzene rings is 4. The largest absolute Gasteiger partial charge is 0.497 e. The third-order valence-electron chi connectivity index (χ3n) is 6.60. The van der Waals surface area contributed by atoms with Gasteiger partial charge in [0.1, 0.15) is 17.2 Å². The number of nitrogens with zero attached hydrogens (tertiary/aromatic N) is 1. The van der Waals surface area contributed by atoms with Gasteiger partial charge in [-0.2, -0.15) is 0 Å². The van der Waals surface area contributed by atoms with Crippen LogP contribution in [0.1, 0.15) is 36.6 Å². The number of carbonyl (C=O) groups is 4. The third-order valence-corrected chi connectivity index (χ3v) is 7.57. The van der Waals surface area contributed by atoms with Crippen LogP contribution in [0.4, 0.5) is 5.69 Å². The summed E-state index contributed by atoms with van der Waals surface area (Å²) in [5.41, 5.74) is 2.15. The van der Waals surface area contributed by atoms with E-state index >= 15 is 0 Å². The lowest BCUT2D eigenvalue weighted by Gasteiger charge is -2.15. The molecule has 0 aromatic heterocycles. The minimum absolute atomic E-state index is 0.0126. The van der Waals surface area contributed by atoms with Crippen molar-refractivity contribution in [3.8, 4) is 11.5 Å². The molecule has 0 radical (unpaired) electrons. The zero-order valence-corrected chi connectivity index (χ0v) is 24.1. The molecule has 5 rings (SSSR count). The normalized spacial score (nSPS) is 12.5. The fourth-order valence-corrected chi connectivity index (χ4v) is 5.29. The first kappa shape index (κ1) is 29.2. The highest BCUT2D eigenvalue weighted by molar-refractivity contribution is 7.99. The maximum absolute atomic E-state index is 13.5. The Morgan fingerprint density at radius 1 is 0.814 bits per heavy atom. The van der Waals surface area contributed by atoms with Crippen LogP contribution in [0.3, 0.4) is 0 Å². The van der Waals surface area contributed by atoms with E-state index in [-0.39, 0.29) is 23.4 Å². The topological polar surface area (TPSA) is 114 Å². The molecule has 0 saturated carbocycles. The highest BCUT2D eigenvalue weighted by atomic mass is 32.2. The Kier molecular flexibility index (Phi) is 8.88. The molecule has 0 aliphatic carbocycles. The molecule has 1 aliphatic heterocycles. The number of carbonyl (C=O) groups excluding carboxylic acids is 4. The van der Waals surface area contributed by atoms with E-state index in [4.69, 9.17) is 9.47 Å². The number of nitrogens with one attached hydrogen (secondary N) is 2. The van der Waals surface area contributed by atoms with Crippen LogP contribution < -0.4 is 20.1 Å². The summed E-state index contributed by atoms with van der Waals surface area (Å²) in [7, 11) is 3.04. The second-order valence-electron chi connectivity index (χ2n) is 9.33. The molecule has 43 heavy (non-hydrogen) atoms. The molecule has 2 N–H and O–H groups in total. The smallest absolute Gasteiger partial charge is 0.272 e. The van der Waals surface area contributed by atoms with Gasteiger partial charge < -0.3 is 20.1 Å². The fraction of sp³-hybridized carbons (Fsp3) is 0.0909. The molecule has 4 aromatic carbocycles. The minimum Gasteiger partial charge on any atom is -0.497 e. The monoisotopic (exact) mass is 593 g/mol. The van der Waals surface area contributed by atoms with Crippen LogP contribution in [0.25, 0.3) is 6.08 Å². The molecule has 0 spiro atoms. The van der Waals surface area contributed by atoms with Gasteiger partial charge in [-0.15, -0.1) is 11.8 Å². The van der Waals surface area contributed by atoms with Crippen LogP contribution in [-0.2, 0) is 4.79 Å². The first-order valence-corrected chi connectivity index (χ1v) is 14.2. The summed E-state index contributed by atoms with van der Waals surface area (Å²) in [6, 6.07) is 27.4. The van der Waals surface area contributed by atoms with Gasteiger partial charge in [0.05, 0.1) is 31.2 Å². The number of rotatable bonds is 10. The van der Waals surface area contributed by atoms with Crippen LogP contribution in [-0.4, -0.2) is 48.6 Å². The average Bonchev–Trinajstić information content (AvgIpc) is 3.28. The second kappa shape index (κ2) is 13.1.